The number of fused-ring (bicyclic) bond motifs is 2. The first-order valence-electron chi connectivity index (χ1n) is 16.3. The molecule has 3 aliphatic rings. The maximum atomic E-state index is 13.7. The smallest absolute Gasteiger partial charge is 0.258 e. The predicted molar refractivity (Wildman–Crippen MR) is 184 cm³/mol. The van der Waals surface area contributed by atoms with E-state index in [2.05, 4.69) is 43.7 Å². The number of hydrogen-bond acceptors (Lipinski definition) is 9. The molecule has 2 N–H and O–H groups in total. The number of H-pyrrole nitrogens is 1. The zero-order valence-corrected chi connectivity index (χ0v) is 27.0. The fraction of sp³-hybridized carbons (Fsp3) is 0.270. The highest BCUT2D eigenvalue weighted by Gasteiger charge is 2.45. The van der Waals surface area contributed by atoms with Crippen LogP contribution in [0.5, 0.6) is 11.5 Å². The molecule has 0 spiro atoms. The van der Waals surface area contributed by atoms with Crippen LogP contribution in [0.3, 0.4) is 0 Å². The summed E-state index contributed by atoms with van der Waals surface area (Å²) < 4.78 is 16.8. The van der Waals surface area contributed by atoms with Gasteiger partial charge in [-0.15, -0.1) is 0 Å². The van der Waals surface area contributed by atoms with Gasteiger partial charge in [0.1, 0.15) is 5.69 Å². The Morgan fingerprint density at radius 3 is 2.55 bits per heavy atom. The molecule has 12 heteroatoms. The van der Waals surface area contributed by atoms with Crippen LogP contribution in [0.25, 0.3) is 39.1 Å². The predicted octanol–water partition coefficient (Wildman–Crippen LogP) is 4.76. The lowest BCUT2D eigenvalue weighted by atomic mass is 9.98. The summed E-state index contributed by atoms with van der Waals surface area (Å²) in [5, 5.41) is 11.5. The average molecular weight is 658 g/mol. The number of aromatic amines is 1. The van der Waals surface area contributed by atoms with Gasteiger partial charge in [0, 0.05) is 67.9 Å². The summed E-state index contributed by atoms with van der Waals surface area (Å²) in [7, 11) is 1.55. The lowest BCUT2D eigenvalue weighted by Crippen LogP contribution is -2.48. The molecule has 49 heavy (non-hydrogen) atoms. The number of likely N-dealkylation sites (tertiary alicyclic amines) is 1. The van der Waals surface area contributed by atoms with Gasteiger partial charge in [-0.25, -0.2) is 9.97 Å². The Bertz CT molecular complexity index is 2060. The van der Waals surface area contributed by atoms with Gasteiger partial charge in [0.2, 0.25) is 12.7 Å². The highest BCUT2D eigenvalue weighted by Crippen LogP contribution is 2.38. The zero-order valence-electron chi connectivity index (χ0n) is 27.0. The first-order valence-corrected chi connectivity index (χ1v) is 16.3. The maximum Gasteiger partial charge on any atom is 0.258 e. The second-order valence-electron chi connectivity index (χ2n) is 12.5. The number of hydrogen-bond donors (Lipinski definition) is 2. The molecule has 1 saturated heterocycles. The van der Waals surface area contributed by atoms with Crippen LogP contribution >= 0.6 is 0 Å². The number of amides is 2. The molecular weight excluding hydrogens is 622 g/mol. The monoisotopic (exact) mass is 657 g/mol. The molecule has 0 aliphatic carbocycles. The third-order valence-electron chi connectivity index (χ3n) is 9.58. The number of carbonyl (C=O) groups excluding carboxylic acids is 2. The molecule has 5 heterocycles. The molecule has 3 aromatic carbocycles. The van der Waals surface area contributed by atoms with E-state index in [-0.39, 0.29) is 25.2 Å². The van der Waals surface area contributed by atoms with Crippen LogP contribution in [0.1, 0.15) is 18.4 Å². The number of nitrogens with one attached hydrogen (secondary N) is 2. The van der Waals surface area contributed by atoms with Gasteiger partial charge in [-0.1, -0.05) is 30.3 Å². The van der Waals surface area contributed by atoms with Crippen LogP contribution in [-0.2, 0) is 14.3 Å². The van der Waals surface area contributed by atoms with Gasteiger partial charge in [-0.05, 0) is 66.4 Å². The molecule has 5 aromatic rings. The molecule has 1 fully saturated rings. The van der Waals surface area contributed by atoms with Crippen molar-refractivity contribution in [1.82, 2.24) is 30.0 Å². The lowest BCUT2D eigenvalue weighted by molar-refractivity contribution is -0.138. The van der Waals surface area contributed by atoms with Gasteiger partial charge >= 0.3 is 0 Å². The molecule has 12 nitrogen and oxygen atoms in total. The second kappa shape index (κ2) is 12.8. The largest absolute Gasteiger partial charge is 0.454 e. The van der Waals surface area contributed by atoms with Crippen LogP contribution in [0, 0.1) is 0 Å². The summed E-state index contributed by atoms with van der Waals surface area (Å²) >= 11 is 0. The van der Waals surface area contributed by atoms with Crippen molar-refractivity contribution in [3.63, 3.8) is 0 Å². The first-order chi connectivity index (χ1) is 24.0. The van der Waals surface area contributed by atoms with Crippen LogP contribution in [0.2, 0.25) is 0 Å². The highest BCUT2D eigenvalue weighted by molar-refractivity contribution is 6.01. The maximum absolute atomic E-state index is 13.7. The number of nitrogens with zero attached hydrogens (tertiary/aromatic N) is 5. The van der Waals surface area contributed by atoms with E-state index in [0.717, 1.165) is 39.7 Å². The Labute approximate surface area is 282 Å². The Hall–Kier alpha value is -5.59. The molecule has 2 amide bonds. The van der Waals surface area contributed by atoms with E-state index in [4.69, 9.17) is 14.2 Å². The third-order valence-corrected chi connectivity index (χ3v) is 9.58. The summed E-state index contributed by atoms with van der Waals surface area (Å²) in [5.41, 5.74) is 5.34. The molecule has 0 unspecified atom stereocenters. The summed E-state index contributed by atoms with van der Waals surface area (Å²) in [6.45, 7) is 2.52. The standard InChI is InChI=1S/C37H35N7O5/c1-47-37(36(46)40-28-8-9-30-29(20-28)34(42-41-30)27-7-10-31-32(19-27)49-23-48-31)13-18-43(22-37)21-33(45)44-16-11-25(12-17-44)24-3-5-26(6-4-24)35-38-14-2-15-39-35/h2-11,14-15,19-20H,12-13,16-18,21-23H2,1H3,(H,40,46)(H,41,42)/t37-/m0/s1. The highest BCUT2D eigenvalue weighted by atomic mass is 16.7. The number of ether oxygens (including phenoxy) is 3. The quantitative estimate of drug-likeness (QED) is 0.242. The van der Waals surface area contributed by atoms with Crippen LogP contribution in [0.15, 0.2) is 85.2 Å². The van der Waals surface area contributed by atoms with E-state index in [1.54, 1.807) is 25.6 Å². The zero-order chi connectivity index (χ0) is 33.4. The molecule has 248 valence electrons. The third kappa shape index (κ3) is 6.00. The van der Waals surface area contributed by atoms with Crippen LogP contribution in [-0.4, -0.2) is 94.0 Å². The van der Waals surface area contributed by atoms with Gasteiger partial charge in [-0.3, -0.25) is 19.6 Å². The Morgan fingerprint density at radius 1 is 0.959 bits per heavy atom. The van der Waals surface area contributed by atoms with E-state index >= 15 is 0 Å². The number of methoxy groups -OCH3 is 1. The molecular formula is C37H35N7O5. The van der Waals surface area contributed by atoms with Crippen molar-refractivity contribution in [2.75, 3.05) is 51.9 Å². The van der Waals surface area contributed by atoms with E-state index in [1.165, 1.54) is 5.57 Å². The summed E-state index contributed by atoms with van der Waals surface area (Å²) in [6.07, 6.45) is 6.85. The van der Waals surface area contributed by atoms with Crippen molar-refractivity contribution < 1.29 is 23.8 Å². The van der Waals surface area contributed by atoms with Crippen LogP contribution < -0.4 is 14.8 Å². The number of anilines is 1. The topological polar surface area (TPSA) is 135 Å². The minimum Gasteiger partial charge on any atom is -0.454 e. The van der Waals surface area contributed by atoms with Crippen molar-refractivity contribution in [3.8, 4) is 34.1 Å². The summed E-state index contributed by atoms with van der Waals surface area (Å²) in [5.74, 6) is 1.87. The molecule has 0 saturated carbocycles. The molecule has 0 radical (unpaired) electrons. The fourth-order valence-electron chi connectivity index (χ4n) is 6.77. The lowest BCUT2D eigenvalue weighted by Gasteiger charge is -2.30. The van der Waals surface area contributed by atoms with Crippen molar-refractivity contribution in [1.29, 1.82) is 0 Å². The second-order valence-corrected chi connectivity index (χ2v) is 12.5. The molecule has 8 rings (SSSR count). The van der Waals surface area contributed by atoms with E-state index in [1.807, 2.05) is 58.3 Å². The van der Waals surface area contributed by atoms with Gasteiger partial charge in [-0.2, -0.15) is 5.10 Å². The molecule has 1 atom stereocenters. The van der Waals surface area contributed by atoms with Gasteiger partial charge in [0.15, 0.2) is 22.9 Å². The molecule has 3 aliphatic heterocycles. The van der Waals surface area contributed by atoms with E-state index in [9.17, 15) is 9.59 Å². The Morgan fingerprint density at radius 2 is 1.76 bits per heavy atom. The van der Waals surface area contributed by atoms with Crippen molar-refractivity contribution >= 4 is 34.0 Å². The number of benzene rings is 3. The SMILES string of the molecule is CO[C@@]1(C(=O)Nc2ccc3[nH]nc(-c4ccc5c(c4)OCO5)c3c2)CCN(CC(=O)N2CC=C(c3ccc(-c4ncccn4)cc3)CC2)C1. The van der Waals surface area contributed by atoms with Crippen LogP contribution in [0.4, 0.5) is 5.69 Å². The van der Waals surface area contributed by atoms with Crippen molar-refractivity contribution in [2.24, 2.45) is 0 Å². The van der Waals surface area contributed by atoms with Crippen molar-refractivity contribution in [3.05, 3.63) is 90.8 Å². The fourth-order valence-corrected chi connectivity index (χ4v) is 6.77. The first kappa shape index (κ1) is 30.7. The number of rotatable bonds is 8. The number of aromatic nitrogens is 4. The minimum atomic E-state index is -1.07. The molecule has 2 aromatic heterocycles. The van der Waals surface area contributed by atoms with Gasteiger partial charge < -0.3 is 24.4 Å². The Kier molecular flexibility index (Phi) is 8.02. The van der Waals surface area contributed by atoms with E-state index in [0.29, 0.717) is 55.6 Å². The average Bonchev–Trinajstić information content (AvgIpc) is 3.91. The van der Waals surface area contributed by atoms with Gasteiger partial charge in [0.25, 0.3) is 5.91 Å². The number of carbonyl (C=O) groups is 2. The minimum absolute atomic E-state index is 0.0423. The van der Waals surface area contributed by atoms with Gasteiger partial charge in [0.05, 0.1) is 12.1 Å². The normalized spacial score (nSPS) is 18.9. The Balaban J connectivity index is 0.888. The van der Waals surface area contributed by atoms with Crippen molar-refractivity contribution in [2.45, 2.75) is 18.4 Å². The van der Waals surface area contributed by atoms with E-state index < -0.39 is 5.60 Å². The summed E-state index contributed by atoms with van der Waals surface area (Å²) in [6, 6.07) is 21.4. The molecule has 0 bridgehead atoms. The summed E-state index contributed by atoms with van der Waals surface area (Å²) in [4.78, 5) is 39.6.